The van der Waals surface area contributed by atoms with Crippen molar-refractivity contribution < 1.29 is 41.6 Å². The minimum Gasteiger partial charge on any atom is -0.450 e. The molecule has 11 heteroatoms. The van der Waals surface area contributed by atoms with Crippen LogP contribution in [0.25, 0.3) is 0 Å². The van der Waals surface area contributed by atoms with E-state index in [9.17, 15) is 0 Å². The van der Waals surface area contributed by atoms with Crippen LogP contribution in [0.2, 0.25) is 0 Å². The van der Waals surface area contributed by atoms with Crippen molar-refractivity contribution >= 4 is 28.9 Å². The second-order valence-corrected chi connectivity index (χ2v) is 1.67. The van der Waals surface area contributed by atoms with E-state index in [0.717, 1.165) is 0 Å². The summed E-state index contributed by atoms with van der Waals surface area (Å²) >= 11 is -5.22. The summed E-state index contributed by atoms with van der Waals surface area (Å²) in [5.74, 6) is 0. The Hall–Kier alpha value is -0.590. The van der Waals surface area contributed by atoms with Crippen molar-refractivity contribution in [3.8, 4) is 0 Å². The first-order valence-corrected chi connectivity index (χ1v) is 3.84. The van der Waals surface area contributed by atoms with Gasteiger partial charge in [-0.25, -0.2) is 4.79 Å². The topological polar surface area (TPSA) is 173 Å². The molecule has 9 nitrogen and oxygen atoms in total. The first-order chi connectivity index (χ1) is 5.20. The second kappa shape index (κ2) is 13.0. The van der Waals surface area contributed by atoms with Gasteiger partial charge >= 0.3 is 6.16 Å². The van der Waals surface area contributed by atoms with Gasteiger partial charge in [-0.1, -0.05) is 0 Å². The van der Waals surface area contributed by atoms with Crippen LogP contribution in [0.15, 0.2) is 0 Å². The smallest absolute Gasteiger partial charge is 0.450 e. The highest BCUT2D eigenvalue weighted by Gasteiger charge is 1.70. The van der Waals surface area contributed by atoms with Crippen LogP contribution < -0.4 is 0 Å². The van der Waals surface area contributed by atoms with Gasteiger partial charge in [0.25, 0.3) is 22.7 Å². The van der Waals surface area contributed by atoms with Crippen LogP contribution in [-0.2, 0) is 22.7 Å². The highest BCUT2D eigenvalue weighted by Crippen LogP contribution is 1.44. The number of carbonyl (C=O) groups is 1. The van der Waals surface area contributed by atoms with E-state index in [1.807, 2.05) is 0 Å². The molecule has 0 saturated carbocycles. The summed E-state index contributed by atoms with van der Waals surface area (Å²) in [6.07, 6.45) is -1.83. The normalized spacial score (nSPS) is 7.83. The Morgan fingerprint density at radius 1 is 0.833 bits per heavy atom. The van der Waals surface area contributed by atoms with Gasteiger partial charge in [-0.3, -0.25) is 18.2 Å². The van der Waals surface area contributed by atoms with E-state index in [1.54, 1.807) is 0 Å². The summed E-state index contributed by atoms with van der Waals surface area (Å²) in [7, 11) is 0. The summed E-state index contributed by atoms with van der Waals surface area (Å²) in [4.78, 5) is 8.56. The summed E-state index contributed by atoms with van der Waals surface area (Å²) in [5.41, 5.74) is 0. The predicted octanol–water partition coefficient (Wildman–Crippen LogP) is -0.415. The van der Waals surface area contributed by atoms with Crippen LogP contribution in [0.3, 0.4) is 0 Å². The predicted molar refractivity (Wildman–Crippen MR) is 37.5 cm³/mol. The maximum absolute atomic E-state index is 8.67. The lowest BCUT2D eigenvalue weighted by Gasteiger charge is -1.60. The van der Waals surface area contributed by atoms with Gasteiger partial charge in [0.15, 0.2) is 0 Å². The first kappa shape index (κ1) is 17.5. The van der Waals surface area contributed by atoms with Gasteiger partial charge in [-0.15, -0.1) is 0 Å². The van der Waals surface area contributed by atoms with Crippen LogP contribution in [0.5, 0.6) is 0 Å². The van der Waals surface area contributed by atoms with E-state index < -0.39 is 28.9 Å². The van der Waals surface area contributed by atoms with E-state index in [2.05, 4.69) is 0 Å². The molecule has 0 aliphatic carbocycles. The van der Waals surface area contributed by atoms with Crippen LogP contribution >= 0.6 is 0 Å². The molecule has 0 aromatic carbocycles. The van der Waals surface area contributed by atoms with Crippen molar-refractivity contribution in [1.29, 1.82) is 0 Å². The lowest BCUT2D eigenvalue weighted by molar-refractivity contribution is 0.137. The molecule has 0 rings (SSSR count). The Labute approximate surface area is 71.3 Å². The van der Waals surface area contributed by atoms with Crippen LogP contribution in [-0.4, -0.2) is 43.0 Å². The molecule has 0 fully saturated rings. The van der Waals surface area contributed by atoms with Crippen LogP contribution in [0.1, 0.15) is 0 Å². The molecule has 0 saturated heterocycles. The minimum absolute atomic E-state index is 1.83. The molecule has 6 N–H and O–H groups in total. The maximum Gasteiger partial charge on any atom is 0.503 e. The van der Waals surface area contributed by atoms with E-state index in [1.165, 1.54) is 0 Å². The van der Waals surface area contributed by atoms with Gasteiger partial charge in [0, 0.05) is 0 Å². The monoisotopic (exact) mass is 226 g/mol. The molecule has 0 spiro atoms. The van der Waals surface area contributed by atoms with Gasteiger partial charge in [-0.05, 0) is 0 Å². The van der Waals surface area contributed by atoms with Gasteiger partial charge in [0.05, 0.1) is 0 Å². The first-order valence-electron chi connectivity index (χ1n) is 1.71. The standard InChI is InChI=1S/CH2O3.2H2O3S/c2-1(3)4;2*1-4(2)3/h(H2,2,3,4);2*(H2,1,2,3). The number of carboxylic acid groups (broad SMARTS) is 2. The molecule has 76 valence electrons. The maximum atomic E-state index is 8.67. The van der Waals surface area contributed by atoms with E-state index in [0.29, 0.717) is 0 Å². The molecule has 0 aliphatic rings. The van der Waals surface area contributed by atoms with E-state index in [-0.39, 0.29) is 0 Å². The molecule has 0 heterocycles. The molecule has 0 aromatic heterocycles. The fourth-order valence-electron chi connectivity index (χ4n) is 0. The van der Waals surface area contributed by atoms with Gasteiger partial charge in [0.1, 0.15) is 0 Å². The lowest BCUT2D eigenvalue weighted by Crippen LogP contribution is -1.81. The molecule has 12 heavy (non-hydrogen) atoms. The third kappa shape index (κ3) is 1910. The fraction of sp³-hybridized carbons (Fsp3) is 0. The zero-order valence-electron chi connectivity index (χ0n) is 5.22. The SMILES string of the molecule is O=C(O)O.O=S(O)O.O=S(O)O. The Kier molecular flexibility index (Phi) is 19.0. The summed E-state index contributed by atoms with van der Waals surface area (Å²) < 4.78 is 45.7. The van der Waals surface area contributed by atoms with Gasteiger partial charge < -0.3 is 10.2 Å². The zero-order valence-corrected chi connectivity index (χ0v) is 6.86. The lowest BCUT2D eigenvalue weighted by atomic mass is 11.5. The molecule has 0 aromatic rings. The molecule has 0 bridgehead atoms. The van der Waals surface area contributed by atoms with E-state index >= 15 is 0 Å². The zero-order chi connectivity index (χ0) is 10.7. The minimum atomic E-state index is -2.61. The van der Waals surface area contributed by atoms with Crippen molar-refractivity contribution in [2.24, 2.45) is 0 Å². The quantitative estimate of drug-likeness (QED) is 0.300. The molecular formula is CH6O9S2. The molecule has 0 amide bonds. The van der Waals surface area contributed by atoms with E-state index in [4.69, 9.17) is 41.6 Å². The van der Waals surface area contributed by atoms with Gasteiger partial charge in [-0.2, -0.15) is 8.42 Å². The van der Waals surface area contributed by atoms with Gasteiger partial charge in [0.2, 0.25) is 0 Å². The Morgan fingerprint density at radius 3 is 0.833 bits per heavy atom. The van der Waals surface area contributed by atoms with Crippen LogP contribution in [0, 0.1) is 0 Å². The summed E-state index contributed by atoms with van der Waals surface area (Å²) in [6.45, 7) is 0. The number of hydrogen-bond acceptors (Lipinski definition) is 3. The molecule has 0 aliphatic heterocycles. The van der Waals surface area contributed by atoms with Crippen molar-refractivity contribution in [3.05, 3.63) is 0 Å². The Bertz CT molecular complexity index is 110. The average Bonchev–Trinajstić information content (AvgIpc) is 1.54. The average molecular weight is 226 g/mol. The van der Waals surface area contributed by atoms with Crippen LogP contribution in [0.4, 0.5) is 4.79 Å². The highest BCUT2D eigenvalue weighted by atomic mass is 32.2. The van der Waals surface area contributed by atoms with Crippen molar-refractivity contribution in [2.45, 2.75) is 0 Å². The summed E-state index contributed by atoms with van der Waals surface area (Å²) in [6, 6.07) is 0. The van der Waals surface area contributed by atoms with Crippen molar-refractivity contribution in [3.63, 3.8) is 0 Å². The number of hydrogen-bond donors (Lipinski definition) is 6. The molecular weight excluding hydrogens is 220 g/mol. The third-order valence-corrected chi connectivity index (χ3v) is 0. The number of rotatable bonds is 0. The largest absolute Gasteiger partial charge is 0.503 e. The summed E-state index contributed by atoms with van der Waals surface area (Å²) in [5, 5.41) is 13.9. The molecule has 0 radical (unpaired) electrons. The third-order valence-electron chi connectivity index (χ3n) is 0. The molecule has 0 atom stereocenters. The van der Waals surface area contributed by atoms with Crippen molar-refractivity contribution in [1.82, 2.24) is 0 Å². The fourth-order valence-corrected chi connectivity index (χ4v) is 0. The molecule has 0 unspecified atom stereocenters. The van der Waals surface area contributed by atoms with Crippen molar-refractivity contribution in [2.75, 3.05) is 0 Å². The second-order valence-electron chi connectivity index (χ2n) is 0.744. The Morgan fingerprint density at radius 2 is 0.833 bits per heavy atom. The Balaban J connectivity index is -0.000000101. The highest BCUT2D eigenvalue weighted by molar-refractivity contribution is 7.73.